The van der Waals surface area contributed by atoms with Gasteiger partial charge in [-0.25, -0.2) is 4.98 Å². The summed E-state index contributed by atoms with van der Waals surface area (Å²) in [5.41, 5.74) is 7.42. The van der Waals surface area contributed by atoms with Crippen LogP contribution in [-0.2, 0) is 19.4 Å². The zero-order valence-electron chi connectivity index (χ0n) is 15.4. The summed E-state index contributed by atoms with van der Waals surface area (Å²) in [6.45, 7) is 0.949. The summed E-state index contributed by atoms with van der Waals surface area (Å²) in [4.78, 5) is 17.7. The van der Waals surface area contributed by atoms with E-state index < -0.39 is 0 Å². The maximum atomic E-state index is 13.0. The number of hydrogen-bond donors (Lipinski definition) is 1. The number of ether oxygens (including phenoxy) is 2. The summed E-state index contributed by atoms with van der Waals surface area (Å²) in [5.74, 6) is 2.06. The fourth-order valence-electron chi connectivity index (χ4n) is 3.07. The predicted octanol–water partition coefficient (Wildman–Crippen LogP) is 2.92. The van der Waals surface area contributed by atoms with Crippen molar-refractivity contribution >= 4 is 26.8 Å². The molecule has 7 heteroatoms. The fraction of sp³-hybridized carbons (Fsp3) is 0.300. The maximum Gasteiger partial charge on any atom is 0.261 e. The number of aryl methyl sites for hydroxylation is 1. The van der Waals surface area contributed by atoms with Crippen LogP contribution in [0.25, 0.3) is 10.9 Å². The molecular weight excluding hydrogens is 410 g/mol. The SMILES string of the molecule is COc1ccc(CCn2c(CCN)nc3cc(Br)ccc3c2=O)cc1OC. The molecule has 3 rings (SSSR count). The number of methoxy groups -OCH3 is 2. The lowest BCUT2D eigenvalue weighted by atomic mass is 10.1. The lowest BCUT2D eigenvalue weighted by Crippen LogP contribution is -2.27. The molecular formula is C20H22BrN3O3. The third-order valence-electron chi connectivity index (χ3n) is 4.44. The number of aromatic nitrogens is 2. The van der Waals surface area contributed by atoms with Gasteiger partial charge in [-0.3, -0.25) is 9.36 Å². The van der Waals surface area contributed by atoms with Crippen LogP contribution in [0.5, 0.6) is 11.5 Å². The first kappa shape index (κ1) is 19.4. The van der Waals surface area contributed by atoms with Gasteiger partial charge in [0.25, 0.3) is 5.56 Å². The number of fused-ring (bicyclic) bond motifs is 1. The summed E-state index contributed by atoms with van der Waals surface area (Å²) in [6, 6.07) is 11.3. The molecule has 0 bridgehead atoms. The highest BCUT2D eigenvalue weighted by atomic mass is 79.9. The van der Waals surface area contributed by atoms with Gasteiger partial charge in [0.2, 0.25) is 0 Å². The second-order valence-corrected chi connectivity index (χ2v) is 7.04. The lowest BCUT2D eigenvalue weighted by Gasteiger charge is -2.14. The van der Waals surface area contributed by atoms with Gasteiger partial charge in [0.05, 0.1) is 25.1 Å². The van der Waals surface area contributed by atoms with Crippen molar-refractivity contribution in [3.8, 4) is 11.5 Å². The van der Waals surface area contributed by atoms with Crippen LogP contribution in [0.3, 0.4) is 0 Å². The van der Waals surface area contributed by atoms with Crippen molar-refractivity contribution in [2.24, 2.45) is 5.73 Å². The van der Waals surface area contributed by atoms with Crippen LogP contribution < -0.4 is 20.8 Å². The van der Waals surface area contributed by atoms with Crippen molar-refractivity contribution in [3.05, 3.63) is 62.6 Å². The second kappa shape index (κ2) is 8.54. The Hall–Kier alpha value is -2.38. The zero-order valence-corrected chi connectivity index (χ0v) is 17.0. The molecule has 1 aromatic heterocycles. The molecule has 2 N–H and O–H groups in total. The Labute approximate surface area is 166 Å². The molecule has 0 aliphatic heterocycles. The first-order valence-corrected chi connectivity index (χ1v) is 9.46. The Balaban J connectivity index is 1.96. The predicted molar refractivity (Wildman–Crippen MR) is 110 cm³/mol. The first-order valence-electron chi connectivity index (χ1n) is 8.67. The number of rotatable bonds is 7. The molecule has 0 saturated heterocycles. The fourth-order valence-corrected chi connectivity index (χ4v) is 3.42. The molecule has 0 amide bonds. The molecule has 0 aliphatic carbocycles. The third-order valence-corrected chi connectivity index (χ3v) is 4.93. The number of benzene rings is 2. The molecule has 2 aromatic carbocycles. The highest BCUT2D eigenvalue weighted by Gasteiger charge is 2.12. The van der Waals surface area contributed by atoms with Gasteiger partial charge in [-0.15, -0.1) is 0 Å². The number of nitrogens with zero attached hydrogens (tertiary/aromatic N) is 2. The average Bonchev–Trinajstić information content (AvgIpc) is 2.67. The van der Waals surface area contributed by atoms with Gasteiger partial charge in [-0.1, -0.05) is 22.0 Å². The van der Waals surface area contributed by atoms with Crippen LogP contribution in [-0.4, -0.2) is 30.3 Å². The van der Waals surface area contributed by atoms with Crippen molar-refractivity contribution in [1.82, 2.24) is 9.55 Å². The van der Waals surface area contributed by atoms with Gasteiger partial charge in [-0.2, -0.15) is 0 Å². The summed E-state index contributed by atoms with van der Waals surface area (Å²) in [7, 11) is 3.21. The normalized spacial score (nSPS) is 11.0. The van der Waals surface area contributed by atoms with Crippen molar-refractivity contribution in [1.29, 1.82) is 0 Å². The highest BCUT2D eigenvalue weighted by molar-refractivity contribution is 9.10. The van der Waals surface area contributed by atoms with Gasteiger partial charge >= 0.3 is 0 Å². The molecule has 0 fully saturated rings. The molecule has 0 radical (unpaired) electrons. The average molecular weight is 432 g/mol. The minimum atomic E-state index is -0.0450. The number of hydrogen-bond acceptors (Lipinski definition) is 5. The summed E-state index contributed by atoms with van der Waals surface area (Å²) >= 11 is 3.43. The molecule has 0 atom stereocenters. The summed E-state index contributed by atoms with van der Waals surface area (Å²) < 4.78 is 13.2. The number of halogens is 1. The van der Waals surface area contributed by atoms with Crippen molar-refractivity contribution in [2.75, 3.05) is 20.8 Å². The Morgan fingerprint density at radius 2 is 1.85 bits per heavy atom. The standard InChI is InChI=1S/C20H22BrN3O3/c1-26-17-6-3-13(11-18(17)27-2)8-10-24-19(7-9-22)23-16-12-14(21)4-5-15(16)20(24)25/h3-6,11-12H,7-10,22H2,1-2H3. The Kier molecular flexibility index (Phi) is 6.13. The van der Waals surface area contributed by atoms with Gasteiger partial charge < -0.3 is 15.2 Å². The molecule has 0 saturated carbocycles. The monoisotopic (exact) mass is 431 g/mol. The second-order valence-electron chi connectivity index (χ2n) is 6.12. The van der Waals surface area contributed by atoms with Crippen LogP contribution in [0.15, 0.2) is 45.7 Å². The smallest absolute Gasteiger partial charge is 0.261 e. The van der Waals surface area contributed by atoms with Crippen LogP contribution in [0, 0.1) is 0 Å². The van der Waals surface area contributed by atoms with E-state index in [9.17, 15) is 4.79 Å². The van der Waals surface area contributed by atoms with E-state index in [2.05, 4.69) is 20.9 Å². The molecule has 1 heterocycles. The molecule has 142 valence electrons. The summed E-state index contributed by atoms with van der Waals surface area (Å²) in [6.07, 6.45) is 1.21. The minimum absolute atomic E-state index is 0.0450. The number of nitrogens with two attached hydrogens (primary N) is 1. The van der Waals surface area contributed by atoms with E-state index in [1.54, 1.807) is 24.9 Å². The molecule has 3 aromatic rings. The molecule has 27 heavy (non-hydrogen) atoms. The van der Waals surface area contributed by atoms with Gasteiger partial charge in [0.1, 0.15) is 5.82 Å². The molecule has 6 nitrogen and oxygen atoms in total. The van der Waals surface area contributed by atoms with Crippen molar-refractivity contribution in [3.63, 3.8) is 0 Å². The first-order chi connectivity index (χ1) is 13.1. The van der Waals surface area contributed by atoms with Crippen LogP contribution in [0.2, 0.25) is 0 Å². The van der Waals surface area contributed by atoms with Crippen molar-refractivity contribution in [2.45, 2.75) is 19.4 Å². The largest absolute Gasteiger partial charge is 0.493 e. The van der Waals surface area contributed by atoms with E-state index in [4.69, 9.17) is 15.2 Å². The van der Waals surface area contributed by atoms with Gasteiger partial charge in [0.15, 0.2) is 11.5 Å². The summed E-state index contributed by atoms with van der Waals surface area (Å²) in [5, 5.41) is 0.603. The highest BCUT2D eigenvalue weighted by Crippen LogP contribution is 2.27. The Morgan fingerprint density at radius 1 is 1.07 bits per heavy atom. The molecule has 0 aliphatic rings. The maximum absolute atomic E-state index is 13.0. The van der Waals surface area contributed by atoms with Crippen LogP contribution >= 0.6 is 15.9 Å². The Bertz CT molecular complexity index is 1020. The van der Waals surface area contributed by atoms with Gasteiger partial charge in [-0.05, 0) is 48.9 Å². The Morgan fingerprint density at radius 3 is 2.56 bits per heavy atom. The van der Waals surface area contributed by atoms with E-state index in [0.29, 0.717) is 54.2 Å². The van der Waals surface area contributed by atoms with E-state index in [1.807, 2.05) is 30.3 Å². The van der Waals surface area contributed by atoms with E-state index in [-0.39, 0.29) is 5.56 Å². The van der Waals surface area contributed by atoms with Gasteiger partial charge in [0, 0.05) is 17.4 Å². The van der Waals surface area contributed by atoms with E-state index in [1.165, 1.54) is 0 Å². The van der Waals surface area contributed by atoms with Crippen LogP contribution in [0.1, 0.15) is 11.4 Å². The van der Waals surface area contributed by atoms with Crippen molar-refractivity contribution < 1.29 is 9.47 Å². The quantitative estimate of drug-likeness (QED) is 0.621. The van der Waals surface area contributed by atoms with Crippen LogP contribution in [0.4, 0.5) is 0 Å². The third kappa shape index (κ3) is 4.14. The van der Waals surface area contributed by atoms with E-state index >= 15 is 0 Å². The molecule has 0 unspecified atom stereocenters. The zero-order chi connectivity index (χ0) is 19.4. The van der Waals surface area contributed by atoms with E-state index in [0.717, 1.165) is 10.0 Å². The molecule has 0 spiro atoms. The lowest BCUT2D eigenvalue weighted by molar-refractivity contribution is 0.354. The topological polar surface area (TPSA) is 79.4 Å². The minimum Gasteiger partial charge on any atom is -0.493 e.